The molecule has 0 aliphatic carbocycles. The summed E-state index contributed by atoms with van der Waals surface area (Å²) in [5.74, 6) is 1.95. The van der Waals surface area contributed by atoms with Gasteiger partial charge in [-0.05, 0) is 54.4 Å². The summed E-state index contributed by atoms with van der Waals surface area (Å²) in [5, 5.41) is 4.37. The van der Waals surface area contributed by atoms with Gasteiger partial charge in [0.2, 0.25) is 0 Å². The van der Waals surface area contributed by atoms with Crippen molar-refractivity contribution in [2.24, 2.45) is 0 Å². The van der Waals surface area contributed by atoms with Gasteiger partial charge < -0.3 is 10.1 Å². The van der Waals surface area contributed by atoms with E-state index in [2.05, 4.69) is 58.4 Å². The van der Waals surface area contributed by atoms with Crippen LogP contribution in [-0.4, -0.2) is 22.1 Å². The van der Waals surface area contributed by atoms with Crippen LogP contribution in [0.3, 0.4) is 0 Å². The van der Waals surface area contributed by atoms with Gasteiger partial charge in [0, 0.05) is 15.5 Å². The fourth-order valence-corrected chi connectivity index (χ4v) is 3.84. The number of hydrogen-bond donors (Lipinski definition) is 1. The molecule has 0 saturated carbocycles. The van der Waals surface area contributed by atoms with E-state index in [1.54, 1.807) is 25.2 Å². The standard InChI is InChI=1S/C23H22N4OS/c1-15(2)19-13-12-18-22(26-19)24-14-25-23(18)27-20-6-4-5-7-21(20)29-17-10-8-16(28-3)9-11-17/h4-15H,1-3H3,(H,24,25,26,27). The fraction of sp³-hybridized carbons (Fsp3) is 0.174. The van der Waals surface area contributed by atoms with Crippen LogP contribution in [0.5, 0.6) is 5.75 Å². The number of aromatic nitrogens is 3. The van der Waals surface area contributed by atoms with Gasteiger partial charge in [-0.1, -0.05) is 37.7 Å². The Morgan fingerprint density at radius 1 is 0.931 bits per heavy atom. The molecule has 29 heavy (non-hydrogen) atoms. The molecule has 0 amide bonds. The smallest absolute Gasteiger partial charge is 0.164 e. The Morgan fingerprint density at radius 2 is 1.72 bits per heavy atom. The van der Waals surface area contributed by atoms with Crippen LogP contribution in [-0.2, 0) is 0 Å². The first-order valence-electron chi connectivity index (χ1n) is 9.43. The highest BCUT2D eigenvalue weighted by Crippen LogP contribution is 2.36. The second-order valence-corrected chi connectivity index (χ2v) is 8.00. The molecule has 0 fully saturated rings. The van der Waals surface area contributed by atoms with Gasteiger partial charge in [-0.2, -0.15) is 0 Å². The molecule has 0 saturated heterocycles. The summed E-state index contributed by atoms with van der Waals surface area (Å²) in [7, 11) is 1.67. The van der Waals surface area contributed by atoms with Crippen molar-refractivity contribution >= 4 is 34.3 Å². The summed E-state index contributed by atoms with van der Waals surface area (Å²) in [6.45, 7) is 4.25. The number of methoxy groups -OCH3 is 1. The highest BCUT2D eigenvalue weighted by molar-refractivity contribution is 7.99. The predicted octanol–water partition coefficient (Wildman–Crippen LogP) is 6.05. The Hall–Kier alpha value is -3.12. The van der Waals surface area contributed by atoms with Crippen molar-refractivity contribution in [2.75, 3.05) is 12.4 Å². The highest BCUT2D eigenvalue weighted by atomic mass is 32.2. The average Bonchev–Trinajstić information content (AvgIpc) is 2.75. The second-order valence-electron chi connectivity index (χ2n) is 6.88. The van der Waals surface area contributed by atoms with Crippen molar-refractivity contribution in [3.63, 3.8) is 0 Å². The van der Waals surface area contributed by atoms with Gasteiger partial charge in [0.15, 0.2) is 5.65 Å². The Balaban J connectivity index is 1.64. The number of benzene rings is 2. The lowest BCUT2D eigenvalue weighted by atomic mass is 10.1. The highest BCUT2D eigenvalue weighted by Gasteiger charge is 2.11. The molecule has 6 heteroatoms. The van der Waals surface area contributed by atoms with Crippen LogP contribution in [0.25, 0.3) is 11.0 Å². The molecule has 2 aromatic carbocycles. The van der Waals surface area contributed by atoms with Crippen LogP contribution >= 0.6 is 11.8 Å². The molecule has 0 unspecified atom stereocenters. The van der Waals surface area contributed by atoms with E-state index in [9.17, 15) is 0 Å². The molecule has 146 valence electrons. The molecule has 2 heterocycles. The summed E-state index contributed by atoms with van der Waals surface area (Å²) in [6, 6.07) is 20.3. The Labute approximate surface area is 174 Å². The summed E-state index contributed by atoms with van der Waals surface area (Å²) in [4.78, 5) is 15.7. The maximum absolute atomic E-state index is 5.24. The van der Waals surface area contributed by atoms with Gasteiger partial charge in [-0.3, -0.25) is 0 Å². The lowest BCUT2D eigenvalue weighted by molar-refractivity contribution is 0.414. The molecule has 4 rings (SSSR count). The van der Waals surface area contributed by atoms with Gasteiger partial charge in [-0.25, -0.2) is 15.0 Å². The molecule has 0 atom stereocenters. The molecule has 5 nitrogen and oxygen atoms in total. The number of nitrogens with one attached hydrogen (secondary N) is 1. The van der Waals surface area contributed by atoms with E-state index in [1.807, 2.05) is 36.4 Å². The van der Waals surface area contributed by atoms with Gasteiger partial charge in [0.05, 0.1) is 18.2 Å². The predicted molar refractivity (Wildman–Crippen MR) is 118 cm³/mol. The number of ether oxygens (including phenoxy) is 1. The second kappa shape index (κ2) is 8.49. The van der Waals surface area contributed by atoms with Gasteiger partial charge in [0.1, 0.15) is 17.9 Å². The summed E-state index contributed by atoms with van der Waals surface area (Å²) >= 11 is 1.69. The maximum Gasteiger partial charge on any atom is 0.164 e. The zero-order chi connectivity index (χ0) is 20.2. The quantitative estimate of drug-likeness (QED) is 0.423. The van der Waals surface area contributed by atoms with Crippen LogP contribution < -0.4 is 10.1 Å². The normalized spacial score (nSPS) is 11.0. The lowest BCUT2D eigenvalue weighted by Crippen LogP contribution is -2.00. The van der Waals surface area contributed by atoms with E-state index in [4.69, 9.17) is 4.74 Å². The molecule has 1 N–H and O–H groups in total. The van der Waals surface area contributed by atoms with Crippen molar-refractivity contribution in [1.29, 1.82) is 0 Å². The fourth-order valence-electron chi connectivity index (χ4n) is 2.94. The largest absolute Gasteiger partial charge is 0.497 e. The van der Waals surface area contributed by atoms with Crippen molar-refractivity contribution < 1.29 is 4.74 Å². The number of nitrogens with zero attached hydrogens (tertiary/aromatic N) is 3. The minimum absolute atomic E-state index is 0.354. The molecule has 0 aliphatic rings. The monoisotopic (exact) mass is 402 g/mol. The Kier molecular flexibility index (Phi) is 5.62. The van der Waals surface area contributed by atoms with Crippen LogP contribution in [0, 0.1) is 0 Å². The van der Waals surface area contributed by atoms with Crippen molar-refractivity contribution in [3.05, 3.63) is 72.7 Å². The molecule has 0 spiro atoms. The van der Waals surface area contributed by atoms with Gasteiger partial charge in [-0.15, -0.1) is 0 Å². The minimum atomic E-state index is 0.354. The number of anilines is 2. The molecule has 4 aromatic rings. The number of hydrogen-bond acceptors (Lipinski definition) is 6. The number of fused-ring (bicyclic) bond motifs is 1. The first-order valence-corrected chi connectivity index (χ1v) is 10.3. The lowest BCUT2D eigenvalue weighted by Gasteiger charge is -2.13. The zero-order valence-electron chi connectivity index (χ0n) is 16.6. The summed E-state index contributed by atoms with van der Waals surface area (Å²) in [6.07, 6.45) is 1.56. The summed E-state index contributed by atoms with van der Waals surface area (Å²) < 4.78 is 5.24. The first kappa shape index (κ1) is 19.2. The average molecular weight is 403 g/mol. The van der Waals surface area contributed by atoms with Crippen LogP contribution in [0.15, 0.2) is 76.8 Å². The SMILES string of the molecule is COc1ccc(Sc2ccccc2Nc2ncnc3nc(C(C)C)ccc23)cc1. The van der Waals surface area contributed by atoms with E-state index in [0.717, 1.165) is 38.1 Å². The van der Waals surface area contributed by atoms with E-state index in [0.29, 0.717) is 11.6 Å². The zero-order valence-corrected chi connectivity index (χ0v) is 17.4. The minimum Gasteiger partial charge on any atom is -0.497 e. The van der Waals surface area contributed by atoms with Crippen LogP contribution in [0.4, 0.5) is 11.5 Å². The number of rotatable bonds is 6. The topological polar surface area (TPSA) is 59.9 Å². The van der Waals surface area contributed by atoms with Gasteiger partial charge >= 0.3 is 0 Å². The third-order valence-corrected chi connectivity index (χ3v) is 5.62. The third-order valence-electron chi connectivity index (χ3n) is 4.54. The van der Waals surface area contributed by atoms with E-state index < -0.39 is 0 Å². The maximum atomic E-state index is 5.24. The van der Waals surface area contributed by atoms with E-state index in [1.165, 1.54) is 0 Å². The molecular weight excluding hydrogens is 380 g/mol. The van der Waals surface area contributed by atoms with Gasteiger partial charge in [0.25, 0.3) is 0 Å². The van der Waals surface area contributed by atoms with Crippen LogP contribution in [0.2, 0.25) is 0 Å². The molecule has 2 aromatic heterocycles. The Bertz CT molecular complexity index is 1130. The van der Waals surface area contributed by atoms with Crippen molar-refractivity contribution in [1.82, 2.24) is 15.0 Å². The number of para-hydroxylation sites is 1. The molecular formula is C23H22N4OS. The van der Waals surface area contributed by atoms with E-state index in [-0.39, 0.29) is 0 Å². The summed E-state index contributed by atoms with van der Waals surface area (Å²) in [5.41, 5.74) is 2.72. The first-order chi connectivity index (χ1) is 14.1. The van der Waals surface area contributed by atoms with Crippen molar-refractivity contribution in [3.8, 4) is 5.75 Å². The van der Waals surface area contributed by atoms with Crippen molar-refractivity contribution in [2.45, 2.75) is 29.6 Å². The Morgan fingerprint density at radius 3 is 2.48 bits per heavy atom. The van der Waals surface area contributed by atoms with E-state index >= 15 is 0 Å². The molecule has 0 radical (unpaired) electrons. The van der Waals surface area contributed by atoms with Crippen LogP contribution in [0.1, 0.15) is 25.5 Å². The third kappa shape index (κ3) is 4.32. The molecule has 0 aliphatic heterocycles. The number of pyridine rings is 1. The molecule has 0 bridgehead atoms.